The molecule has 1 heterocycles. The van der Waals surface area contributed by atoms with Crippen molar-refractivity contribution in [3.63, 3.8) is 0 Å². The second kappa shape index (κ2) is 6.76. The van der Waals surface area contributed by atoms with Gasteiger partial charge in [0.25, 0.3) is 0 Å². The molecular formula is C17H23BrN4O. The highest BCUT2D eigenvalue weighted by Gasteiger charge is 2.18. The summed E-state index contributed by atoms with van der Waals surface area (Å²) >= 11 is 3.59. The number of benzene rings is 1. The minimum Gasteiger partial charge on any atom is -0.495 e. The topological polar surface area (TPSA) is 77.4 Å². The Labute approximate surface area is 145 Å². The standard InChI is InChI=1S/C17H23BrN4O/c1-17(2,3)10-22(20)14-6-5-13(15(18)16(14)19)11-7-12(23-4)9-21-8-11/h5-9H,10,19-20H2,1-4H3. The number of hydrogen-bond acceptors (Lipinski definition) is 5. The largest absolute Gasteiger partial charge is 0.495 e. The predicted molar refractivity (Wildman–Crippen MR) is 99.3 cm³/mol. The van der Waals surface area contributed by atoms with Crippen LogP contribution in [0.15, 0.2) is 35.1 Å². The van der Waals surface area contributed by atoms with Gasteiger partial charge in [0, 0.05) is 18.3 Å². The molecule has 0 amide bonds. The van der Waals surface area contributed by atoms with Crippen molar-refractivity contribution in [2.24, 2.45) is 11.3 Å². The van der Waals surface area contributed by atoms with E-state index in [2.05, 4.69) is 41.7 Å². The number of ether oxygens (including phenoxy) is 1. The zero-order valence-corrected chi connectivity index (χ0v) is 15.5. The number of anilines is 2. The molecule has 0 atom stereocenters. The lowest BCUT2D eigenvalue weighted by molar-refractivity contribution is 0.412. The van der Waals surface area contributed by atoms with Crippen LogP contribution in [0.3, 0.4) is 0 Å². The minimum absolute atomic E-state index is 0.0725. The van der Waals surface area contributed by atoms with Gasteiger partial charge in [0.15, 0.2) is 0 Å². The first-order chi connectivity index (χ1) is 10.7. The van der Waals surface area contributed by atoms with E-state index >= 15 is 0 Å². The number of halogens is 1. The molecule has 0 aliphatic heterocycles. The van der Waals surface area contributed by atoms with Gasteiger partial charge in [-0.15, -0.1) is 0 Å². The van der Waals surface area contributed by atoms with Crippen molar-refractivity contribution in [3.05, 3.63) is 35.1 Å². The smallest absolute Gasteiger partial charge is 0.137 e. The van der Waals surface area contributed by atoms with Gasteiger partial charge >= 0.3 is 0 Å². The summed E-state index contributed by atoms with van der Waals surface area (Å²) in [6.07, 6.45) is 3.44. The van der Waals surface area contributed by atoms with Gasteiger partial charge in [-0.2, -0.15) is 0 Å². The highest BCUT2D eigenvalue weighted by atomic mass is 79.9. The average molecular weight is 379 g/mol. The molecule has 1 aromatic carbocycles. The van der Waals surface area contributed by atoms with Crippen molar-refractivity contribution in [3.8, 4) is 16.9 Å². The zero-order chi connectivity index (χ0) is 17.2. The van der Waals surface area contributed by atoms with Crippen molar-refractivity contribution in [2.45, 2.75) is 20.8 Å². The Morgan fingerprint density at radius 1 is 1.26 bits per heavy atom. The van der Waals surface area contributed by atoms with Gasteiger partial charge in [-0.25, -0.2) is 5.84 Å². The molecule has 0 radical (unpaired) electrons. The van der Waals surface area contributed by atoms with Crippen LogP contribution in [-0.2, 0) is 0 Å². The Balaban J connectivity index is 2.41. The molecule has 6 heteroatoms. The third-order valence-electron chi connectivity index (χ3n) is 3.37. The summed E-state index contributed by atoms with van der Waals surface area (Å²) in [6.45, 7) is 7.10. The maximum absolute atomic E-state index is 6.29. The van der Waals surface area contributed by atoms with E-state index in [0.717, 1.165) is 21.3 Å². The number of nitrogen functional groups attached to an aromatic ring is 1. The van der Waals surface area contributed by atoms with Crippen LogP contribution in [0.4, 0.5) is 11.4 Å². The quantitative estimate of drug-likeness (QED) is 0.480. The van der Waals surface area contributed by atoms with Crippen LogP contribution in [0, 0.1) is 5.41 Å². The van der Waals surface area contributed by atoms with E-state index in [0.29, 0.717) is 18.0 Å². The fourth-order valence-corrected chi connectivity index (χ4v) is 2.89. The number of methoxy groups -OCH3 is 1. The molecule has 0 spiro atoms. The number of pyridine rings is 1. The molecule has 5 nitrogen and oxygen atoms in total. The minimum atomic E-state index is 0.0725. The van der Waals surface area contributed by atoms with Crippen LogP contribution in [0.2, 0.25) is 0 Å². The van der Waals surface area contributed by atoms with Gasteiger partial charge in [-0.1, -0.05) is 26.8 Å². The van der Waals surface area contributed by atoms with Crippen LogP contribution in [-0.4, -0.2) is 18.6 Å². The molecule has 23 heavy (non-hydrogen) atoms. The van der Waals surface area contributed by atoms with Crippen molar-refractivity contribution in [1.29, 1.82) is 0 Å². The van der Waals surface area contributed by atoms with E-state index in [-0.39, 0.29) is 5.41 Å². The molecule has 0 bridgehead atoms. The van der Waals surface area contributed by atoms with E-state index in [1.807, 2.05) is 18.2 Å². The summed E-state index contributed by atoms with van der Waals surface area (Å²) in [6, 6.07) is 5.83. The summed E-state index contributed by atoms with van der Waals surface area (Å²) in [7, 11) is 1.62. The first-order valence-electron chi connectivity index (χ1n) is 7.32. The number of rotatable bonds is 4. The lowest BCUT2D eigenvalue weighted by Gasteiger charge is -2.29. The highest BCUT2D eigenvalue weighted by Crippen LogP contribution is 2.39. The fourth-order valence-electron chi connectivity index (χ4n) is 2.33. The summed E-state index contributed by atoms with van der Waals surface area (Å²) in [5.41, 5.74) is 9.64. The summed E-state index contributed by atoms with van der Waals surface area (Å²) < 4.78 is 6.03. The molecule has 2 aromatic rings. The molecular weight excluding hydrogens is 356 g/mol. The molecule has 0 unspecified atom stereocenters. The van der Waals surface area contributed by atoms with E-state index in [1.54, 1.807) is 24.5 Å². The molecule has 0 aliphatic carbocycles. The van der Waals surface area contributed by atoms with Gasteiger partial charge in [-0.3, -0.25) is 4.98 Å². The molecule has 4 N–H and O–H groups in total. The SMILES string of the molecule is COc1cncc(-c2ccc(N(N)CC(C)(C)C)c(N)c2Br)c1. The summed E-state index contributed by atoms with van der Waals surface area (Å²) in [5.74, 6) is 6.88. The Morgan fingerprint density at radius 3 is 2.57 bits per heavy atom. The van der Waals surface area contributed by atoms with Gasteiger partial charge < -0.3 is 15.5 Å². The monoisotopic (exact) mass is 378 g/mol. The van der Waals surface area contributed by atoms with Gasteiger partial charge in [0.1, 0.15) is 5.75 Å². The van der Waals surface area contributed by atoms with Crippen LogP contribution in [0.5, 0.6) is 5.75 Å². The normalized spacial score (nSPS) is 11.4. The van der Waals surface area contributed by atoms with Crippen molar-refractivity contribution in [1.82, 2.24) is 4.98 Å². The fraction of sp³-hybridized carbons (Fsp3) is 0.353. The molecule has 0 saturated heterocycles. The summed E-state index contributed by atoms with van der Waals surface area (Å²) in [4.78, 5) is 4.19. The van der Waals surface area contributed by atoms with E-state index < -0.39 is 0 Å². The van der Waals surface area contributed by atoms with E-state index in [9.17, 15) is 0 Å². The first kappa shape index (κ1) is 17.6. The van der Waals surface area contributed by atoms with Gasteiger partial charge in [-0.05, 0) is 39.0 Å². The zero-order valence-electron chi connectivity index (χ0n) is 13.9. The highest BCUT2D eigenvalue weighted by molar-refractivity contribution is 9.10. The third-order valence-corrected chi connectivity index (χ3v) is 4.23. The van der Waals surface area contributed by atoms with Crippen LogP contribution in [0.25, 0.3) is 11.1 Å². The number of hydrazine groups is 1. The summed E-state index contributed by atoms with van der Waals surface area (Å²) in [5, 5.41) is 1.69. The molecule has 1 aromatic heterocycles. The number of nitrogens with two attached hydrogens (primary N) is 2. The Bertz CT molecular complexity index is 697. The third kappa shape index (κ3) is 4.14. The maximum atomic E-state index is 6.29. The van der Waals surface area contributed by atoms with Crippen LogP contribution in [0.1, 0.15) is 20.8 Å². The molecule has 2 rings (SSSR count). The Hall–Kier alpha value is -1.79. The second-order valence-electron chi connectivity index (χ2n) is 6.66. The van der Waals surface area contributed by atoms with Crippen molar-refractivity contribution < 1.29 is 4.74 Å². The van der Waals surface area contributed by atoms with E-state index in [4.69, 9.17) is 16.3 Å². The number of aromatic nitrogens is 1. The van der Waals surface area contributed by atoms with Gasteiger partial charge in [0.05, 0.1) is 29.2 Å². The first-order valence-corrected chi connectivity index (χ1v) is 8.12. The van der Waals surface area contributed by atoms with Gasteiger partial charge in [0.2, 0.25) is 0 Å². The van der Waals surface area contributed by atoms with E-state index in [1.165, 1.54) is 0 Å². The van der Waals surface area contributed by atoms with Crippen LogP contribution >= 0.6 is 15.9 Å². The maximum Gasteiger partial charge on any atom is 0.137 e. The second-order valence-corrected chi connectivity index (χ2v) is 7.45. The Morgan fingerprint density at radius 2 is 1.96 bits per heavy atom. The van der Waals surface area contributed by atoms with Crippen LogP contribution < -0.4 is 21.3 Å². The van der Waals surface area contributed by atoms with Crippen molar-refractivity contribution >= 4 is 27.3 Å². The number of hydrogen-bond donors (Lipinski definition) is 2. The predicted octanol–water partition coefficient (Wildman–Crippen LogP) is 3.83. The average Bonchev–Trinajstić information content (AvgIpc) is 2.48. The molecule has 0 aliphatic rings. The molecule has 0 fully saturated rings. The lowest BCUT2D eigenvalue weighted by atomic mass is 9.96. The Kier molecular flexibility index (Phi) is 5.16. The molecule has 124 valence electrons. The lowest BCUT2D eigenvalue weighted by Crippen LogP contribution is -2.38. The molecule has 0 saturated carbocycles. The van der Waals surface area contributed by atoms with Crippen molar-refractivity contribution in [2.75, 3.05) is 24.4 Å². The number of nitrogens with zero attached hydrogens (tertiary/aromatic N) is 2.